The minimum absolute atomic E-state index is 0.0216. The van der Waals surface area contributed by atoms with Crippen molar-refractivity contribution in [1.82, 2.24) is 42.1 Å². The predicted octanol–water partition coefficient (Wildman–Crippen LogP) is -1.76. The molecule has 4 rings (SSSR count). The van der Waals surface area contributed by atoms with E-state index in [4.69, 9.17) is 0 Å². The van der Waals surface area contributed by atoms with Crippen LogP contribution in [0.1, 0.15) is 70.4 Å². The predicted molar refractivity (Wildman–Crippen MR) is 234 cm³/mol. The van der Waals surface area contributed by atoms with Gasteiger partial charge in [0.25, 0.3) is 0 Å². The van der Waals surface area contributed by atoms with Crippen molar-refractivity contribution in [3.63, 3.8) is 0 Å². The topological polar surface area (TPSA) is 359 Å². The fraction of sp³-hybridized carbons (Fsp3) is 0.500. The van der Waals surface area contributed by atoms with E-state index in [0.717, 1.165) is 11.3 Å². The van der Waals surface area contributed by atoms with Crippen LogP contribution in [0.15, 0.2) is 48.5 Å². The molecule has 67 heavy (non-hydrogen) atoms. The first-order valence-corrected chi connectivity index (χ1v) is 21.7. The molecule has 364 valence electrons. The molecule has 0 unspecified atom stereocenters. The number of hydrogen-bond donors (Lipinski definition) is 12. The number of amides is 7. The van der Waals surface area contributed by atoms with Gasteiger partial charge < -0.3 is 67.7 Å². The molecule has 2 aliphatic heterocycles. The summed E-state index contributed by atoms with van der Waals surface area (Å²) in [7, 11) is 0. The van der Waals surface area contributed by atoms with Crippen LogP contribution in [0.3, 0.4) is 0 Å². The zero-order valence-electron chi connectivity index (χ0n) is 37.2. The molecule has 8 atom stereocenters. The third-order valence-electron chi connectivity index (χ3n) is 11.2. The summed E-state index contributed by atoms with van der Waals surface area (Å²) in [5.41, 5.74) is 0.936. The van der Waals surface area contributed by atoms with Crippen molar-refractivity contribution in [3.8, 4) is 11.5 Å². The summed E-state index contributed by atoms with van der Waals surface area (Å²) in [4.78, 5) is 132. The van der Waals surface area contributed by atoms with Gasteiger partial charge in [-0.1, -0.05) is 38.1 Å². The van der Waals surface area contributed by atoms with Gasteiger partial charge in [-0.25, -0.2) is 0 Å². The molecule has 0 radical (unpaired) electrons. The van der Waals surface area contributed by atoms with E-state index in [1.165, 1.54) is 55.5 Å². The van der Waals surface area contributed by atoms with Crippen LogP contribution >= 0.6 is 0 Å². The first-order valence-electron chi connectivity index (χ1n) is 21.7. The molecular weight excluding hydrogens is 881 g/mol. The summed E-state index contributed by atoms with van der Waals surface area (Å²) in [5, 5.41) is 65.8. The van der Waals surface area contributed by atoms with Crippen LogP contribution in [0.5, 0.6) is 11.5 Å². The van der Waals surface area contributed by atoms with Crippen LogP contribution in [-0.4, -0.2) is 151 Å². The van der Waals surface area contributed by atoms with Crippen LogP contribution < -0.4 is 37.2 Å². The summed E-state index contributed by atoms with van der Waals surface area (Å²) in [6.45, 7) is 4.87. The molecule has 23 nitrogen and oxygen atoms in total. The number of carbonyl (C=O) groups is 10. The number of aliphatic carboxylic acids is 3. The highest BCUT2D eigenvalue weighted by molar-refractivity contribution is 5.99. The average Bonchev–Trinajstić information content (AvgIpc) is 3.99. The Balaban J connectivity index is 1.50. The van der Waals surface area contributed by atoms with E-state index in [0.29, 0.717) is 24.1 Å². The van der Waals surface area contributed by atoms with Gasteiger partial charge in [-0.2, -0.15) is 0 Å². The van der Waals surface area contributed by atoms with Gasteiger partial charge in [0.1, 0.15) is 53.8 Å². The maximum absolute atomic E-state index is 14.2. The van der Waals surface area contributed by atoms with E-state index in [1.54, 1.807) is 13.8 Å². The van der Waals surface area contributed by atoms with E-state index in [1.807, 2.05) is 0 Å². The quantitative estimate of drug-likeness (QED) is 0.0588. The van der Waals surface area contributed by atoms with Gasteiger partial charge in [0.15, 0.2) is 0 Å². The summed E-state index contributed by atoms with van der Waals surface area (Å²) in [6.07, 6.45) is -0.722. The monoisotopic (exact) mass is 938 g/mol. The molecule has 7 amide bonds. The number of nitrogens with zero attached hydrogens (tertiary/aromatic N) is 1. The molecule has 12 N–H and O–H groups in total. The standard InChI is InChI=1S/C44H58N8O15/c1-22(2)36(51-41(63)32(21-35(57)58)49-39(61)30(19-25-10-14-27(54)15-11-25)47-37(59)28-6-4-16-45-28)43(65)52-17-5-7-33(52)42(64)50-31(20-34(55)56)40(62)48-29(38(60)46-23(3)44(66)67)18-24-8-12-26(53)13-9-24/h8-15,22-23,28-33,36,45,53-54H,4-7,16-21H2,1-3H3,(H,46,60)(H,47,59)(H,48,62)(H,49,61)(H,50,64)(H,51,63)(H,55,56)(H,57,58)(H,66,67)/t23-,28-,29-,30-,31-,32-,33-,36-/m0/s1. The zero-order chi connectivity index (χ0) is 49.5. The van der Waals surface area contributed by atoms with Gasteiger partial charge in [-0.05, 0) is 80.5 Å². The molecule has 2 saturated heterocycles. The van der Waals surface area contributed by atoms with Gasteiger partial charge in [0.2, 0.25) is 41.4 Å². The third-order valence-corrected chi connectivity index (χ3v) is 11.2. The fourth-order valence-corrected chi connectivity index (χ4v) is 7.54. The normalized spacial score (nSPS) is 18.2. The summed E-state index contributed by atoms with van der Waals surface area (Å²) < 4.78 is 0. The number of phenolic OH excluding ortho intramolecular Hbond substituents is 2. The Bertz CT molecular complexity index is 2150. The molecule has 0 bridgehead atoms. The van der Waals surface area contributed by atoms with Crippen molar-refractivity contribution in [2.45, 2.75) is 120 Å². The average molecular weight is 939 g/mol. The second-order valence-corrected chi connectivity index (χ2v) is 16.8. The minimum atomic E-state index is -1.81. The Labute approximate surface area is 384 Å². The minimum Gasteiger partial charge on any atom is -0.508 e. The lowest BCUT2D eigenvalue weighted by Gasteiger charge is -2.32. The Kier molecular flexibility index (Phi) is 19.0. The molecule has 0 aromatic heterocycles. The number of carboxylic acids is 3. The van der Waals surface area contributed by atoms with Crippen molar-refractivity contribution < 1.29 is 73.5 Å². The van der Waals surface area contributed by atoms with Crippen molar-refractivity contribution in [2.75, 3.05) is 13.1 Å². The Morgan fingerprint density at radius 3 is 1.55 bits per heavy atom. The Morgan fingerprint density at radius 1 is 0.597 bits per heavy atom. The van der Waals surface area contributed by atoms with Crippen molar-refractivity contribution in [3.05, 3.63) is 59.7 Å². The highest BCUT2D eigenvalue weighted by Crippen LogP contribution is 2.22. The number of hydrogen-bond acceptors (Lipinski definition) is 13. The van der Waals surface area contributed by atoms with E-state index in [-0.39, 0.29) is 43.7 Å². The largest absolute Gasteiger partial charge is 0.508 e. The number of likely N-dealkylation sites (tertiary alicyclic amines) is 1. The van der Waals surface area contributed by atoms with Crippen LogP contribution in [0, 0.1) is 5.92 Å². The third kappa shape index (κ3) is 15.7. The van der Waals surface area contributed by atoms with Crippen molar-refractivity contribution in [1.29, 1.82) is 0 Å². The number of carbonyl (C=O) groups excluding carboxylic acids is 7. The lowest BCUT2D eigenvalue weighted by atomic mass is 10.0. The molecule has 2 aromatic carbocycles. The van der Waals surface area contributed by atoms with Gasteiger partial charge in [0, 0.05) is 19.4 Å². The molecule has 2 aromatic rings. The van der Waals surface area contributed by atoms with Crippen molar-refractivity contribution >= 4 is 59.3 Å². The lowest BCUT2D eigenvalue weighted by Crippen LogP contribution is -2.61. The molecule has 23 heteroatoms. The SMILES string of the molecule is CC(C)[C@H](NC(=O)[C@H](CC(=O)O)NC(=O)[C@H](Cc1ccc(O)cc1)NC(=O)[C@@H]1CCCN1)C(=O)N1CCC[C@H]1C(=O)N[C@@H](CC(=O)O)C(=O)N[C@@H](Cc1ccc(O)cc1)C(=O)N[C@@H](C)C(=O)O. The van der Waals surface area contributed by atoms with Crippen LogP contribution in [0.2, 0.25) is 0 Å². The van der Waals surface area contributed by atoms with Crippen LogP contribution in [-0.2, 0) is 60.8 Å². The lowest BCUT2D eigenvalue weighted by molar-refractivity contribution is -0.145. The highest BCUT2D eigenvalue weighted by atomic mass is 16.4. The zero-order valence-corrected chi connectivity index (χ0v) is 37.2. The molecule has 2 aliphatic rings. The first kappa shape index (κ1) is 52.3. The number of rotatable bonds is 23. The van der Waals surface area contributed by atoms with E-state index >= 15 is 0 Å². The molecule has 0 saturated carbocycles. The number of benzene rings is 2. The number of nitrogens with one attached hydrogen (secondary N) is 7. The molecule has 2 fully saturated rings. The molecular formula is C44H58N8O15. The fourth-order valence-electron chi connectivity index (χ4n) is 7.54. The van der Waals surface area contributed by atoms with Gasteiger partial charge in [-0.15, -0.1) is 0 Å². The van der Waals surface area contributed by atoms with Gasteiger partial charge in [0.05, 0.1) is 18.9 Å². The molecule has 2 heterocycles. The van der Waals surface area contributed by atoms with E-state index in [9.17, 15) is 73.5 Å². The smallest absolute Gasteiger partial charge is 0.325 e. The molecule has 0 aliphatic carbocycles. The molecule has 0 spiro atoms. The maximum atomic E-state index is 14.2. The second-order valence-electron chi connectivity index (χ2n) is 16.8. The first-order chi connectivity index (χ1) is 31.6. The number of carboxylic acid groups (broad SMARTS) is 3. The van der Waals surface area contributed by atoms with Gasteiger partial charge in [-0.3, -0.25) is 47.9 Å². The highest BCUT2D eigenvalue weighted by Gasteiger charge is 2.41. The van der Waals surface area contributed by atoms with E-state index in [2.05, 4.69) is 37.2 Å². The second kappa shape index (κ2) is 24.3. The number of aromatic hydroxyl groups is 2. The Hall–Kier alpha value is -7.30. The number of phenols is 2. The van der Waals surface area contributed by atoms with Gasteiger partial charge >= 0.3 is 17.9 Å². The van der Waals surface area contributed by atoms with Crippen LogP contribution in [0.25, 0.3) is 0 Å². The summed E-state index contributed by atoms with van der Waals surface area (Å²) >= 11 is 0. The maximum Gasteiger partial charge on any atom is 0.325 e. The van der Waals surface area contributed by atoms with E-state index < -0.39 is 126 Å². The Morgan fingerprint density at radius 2 is 1.06 bits per heavy atom. The summed E-state index contributed by atoms with van der Waals surface area (Å²) in [5.74, 6) is -11.5. The van der Waals surface area contributed by atoms with Crippen molar-refractivity contribution in [2.24, 2.45) is 5.92 Å². The summed E-state index contributed by atoms with van der Waals surface area (Å²) in [6, 6.07) is 0.258. The van der Waals surface area contributed by atoms with Crippen LogP contribution in [0.4, 0.5) is 0 Å².